The van der Waals surface area contributed by atoms with Gasteiger partial charge in [-0.05, 0) is 69.8 Å². The Morgan fingerprint density at radius 2 is 1.65 bits per heavy atom. The van der Waals surface area contributed by atoms with Gasteiger partial charge in [-0.15, -0.1) is 6.58 Å². The molecule has 1 aromatic heterocycles. The lowest BCUT2D eigenvalue weighted by Gasteiger charge is -2.48. The van der Waals surface area contributed by atoms with Gasteiger partial charge >= 0.3 is 0 Å². The van der Waals surface area contributed by atoms with Crippen molar-refractivity contribution in [1.29, 1.82) is 0 Å². The fourth-order valence-electron chi connectivity index (χ4n) is 9.11. The number of ketones is 2. The highest BCUT2D eigenvalue weighted by atomic mass is 35.5. The van der Waals surface area contributed by atoms with E-state index in [1.807, 2.05) is 66.7 Å². The van der Waals surface area contributed by atoms with Crippen LogP contribution in [0.5, 0.6) is 11.6 Å². The lowest BCUT2D eigenvalue weighted by atomic mass is 9.58. The van der Waals surface area contributed by atoms with Gasteiger partial charge in [-0.2, -0.15) is 0 Å². The number of aromatic nitrogens is 1. The third kappa shape index (κ3) is 6.46. The molecule has 11 heteroatoms. The standard InChI is InChI=1S/C46H42ClN3O7/c1-2-18-48-40-34-21-31-20-33-37(41(51)36(31)43(52)46(34,54)44(53)38-42(40)57-49-45(38)56-26-28-13-7-4-8-14-28)35(55-25-27-11-5-3-6-12-27)22-32(39(33)47)24-50-19-17-29-15-9-10-16-30(29)23-50/h2-16,22,31,34,40,48,52,54H,1,17-21,23-26H2/t31-,34-,40-,46-/m0/s1. The zero-order valence-corrected chi connectivity index (χ0v) is 32.0. The van der Waals surface area contributed by atoms with E-state index in [9.17, 15) is 19.8 Å². The fraction of sp³-hybridized carbons (Fsp3) is 0.283. The number of rotatable bonds is 11. The number of allylic oxidation sites excluding steroid dienone is 1. The number of hydrogen-bond donors (Lipinski definition) is 3. The van der Waals surface area contributed by atoms with Crippen LogP contribution in [0.25, 0.3) is 0 Å². The maximum absolute atomic E-state index is 14.9. The highest BCUT2D eigenvalue weighted by molar-refractivity contribution is 6.33. The predicted molar refractivity (Wildman–Crippen MR) is 213 cm³/mol. The first-order valence-corrected chi connectivity index (χ1v) is 19.7. The van der Waals surface area contributed by atoms with Crippen LogP contribution in [0.4, 0.5) is 0 Å². The average molecular weight is 784 g/mol. The van der Waals surface area contributed by atoms with E-state index in [2.05, 4.69) is 46.2 Å². The largest absolute Gasteiger partial charge is 0.508 e. The number of benzene rings is 4. The first kappa shape index (κ1) is 37.1. The highest BCUT2D eigenvalue weighted by Gasteiger charge is 2.63. The Balaban J connectivity index is 1.11. The Bertz CT molecular complexity index is 2410. The molecule has 57 heavy (non-hydrogen) atoms. The molecule has 10 nitrogen and oxygen atoms in total. The minimum Gasteiger partial charge on any atom is -0.508 e. The molecule has 4 aromatic carbocycles. The van der Waals surface area contributed by atoms with Gasteiger partial charge in [-0.1, -0.05) is 103 Å². The summed E-state index contributed by atoms with van der Waals surface area (Å²) in [6.45, 7) is 6.58. The number of carbonyl (C=O) groups excluding carboxylic acids is 2. The number of fused-ring (bicyclic) bond motifs is 5. The maximum Gasteiger partial charge on any atom is 0.265 e. The van der Waals surface area contributed by atoms with E-state index in [1.165, 1.54) is 11.1 Å². The zero-order valence-electron chi connectivity index (χ0n) is 31.2. The average Bonchev–Trinajstić information content (AvgIpc) is 3.66. The van der Waals surface area contributed by atoms with Crippen molar-refractivity contribution in [2.75, 3.05) is 13.1 Å². The van der Waals surface area contributed by atoms with Gasteiger partial charge in [-0.25, -0.2) is 0 Å². The number of aliphatic hydroxyl groups is 2. The van der Waals surface area contributed by atoms with Gasteiger partial charge in [0.25, 0.3) is 5.88 Å². The van der Waals surface area contributed by atoms with E-state index in [4.69, 9.17) is 25.6 Å². The summed E-state index contributed by atoms with van der Waals surface area (Å²) in [4.78, 5) is 31.8. The minimum atomic E-state index is -2.49. The van der Waals surface area contributed by atoms with Gasteiger partial charge in [0.15, 0.2) is 17.1 Å². The van der Waals surface area contributed by atoms with Crippen LogP contribution in [-0.2, 0) is 39.1 Å². The summed E-state index contributed by atoms with van der Waals surface area (Å²) >= 11 is 7.32. The van der Waals surface area contributed by atoms with Gasteiger partial charge in [0.1, 0.15) is 30.3 Å². The quantitative estimate of drug-likeness (QED) is 0.115. The molecule has 0 saturated heterocycles. The molecule has 0 saturated carbocycles. The van der Waals surface area contributed by atoms with E-state index in [0.29, 0.717) is 29.4 Å². The third-order valence-electron chi connectivity index (χ3n) is 11.9. The van der Waals surface area contributed by atoms with Crippen molar-refractivity contribution in [3.8, 4) is 11.6 Å². The van der Waals surface area contributed by atoms with Gasteiger partial charge in [0.05, 0.1) is 11.6 Å². The normalized spacial score (nSPS) is 22.5. The van der Waals surface area contributed by atoms with Crippen molar-refractivity contribution in [1.82, 2.24) is 15.4 Å². The lowest BCUT2D eigenvalue weighted by Crippen LogP contribution is -2.59. The summed E-state index contributed by atoms with van der Waals surface area (Å²) in [7, 11) is 0. The van der Waals surface area contributed by atoms with Crippen molar-refractivity contribution >= 4 is 23.2 Å². The van der Waals surface area contributed by atoms with Crippen LogP contribution in [0.1, 0.15) is 72.3 Å². The second-order valence-electron chi connectivity index (χ2n) is 15.3. The number of hydrogen-bond acceptors (Lipinski definition) is 10. The van der Waals surface area contributed by atoms with Gasteiger partial charge in [-0.3, -0.25) is 14.5 Å². The Kier molecular flexibility index (Phi) is 9.82. The van der Waals surface area contributed by atoms with E-state index >= 15 is 0 Å². The molecule has 9 rings (SSSR count). The molecule has 1 aliphatic heterocycles. The number of aliphatic hydroxyl groups excluding tert-OH is 1. The summed E-state index contributed by atoms with van der Waals surface area (Å²) in [6.07, 6.45) is 3.01. The first-order chi connectivity index (χ1) is 27.8. The Hall–Kier alpha value is -5.52. The molecule has 5 aromatic rings. The van der Waals surface area contributed by atoms with Gasteiger partial charge in [0, 0.05) is 42.7 Å². The summed E-state index contributed by atoms with van der Waals surface area (Å²) in [6, 6.07) is 28.5. The number of ether oxygens (including phenoxy) is 2. The Labute approximate surface area is 335 Å². The molecule has 3 N–H and O–H groups in total. The fourth-order valence-corrected chi connectivity index (χ4v) is 9.40. The smallest absolute Gasteiger partial charge is 0.265 e. The topological polar surface area (TPSA) is 134 Å². The molecule has 4 atom stereocenters. The van der Waals surface area contributed by atoms with Crippen molar-refractivity contribution in [2.24, 2.45) is 11.8 Å². The first-order valence-electron chi connectivity index (χ1n) is 19.3. The summed E-state index contributed by atoms with van der Waals surface area (Å²) < 4.78 is 18.2. The summed E-state index contributed by atoms with van der Waals surface area (Å²) in [5.41, 5.74) is 3.46. The highest BCUT2D eigenvalue weighted by Crippen LogP contribution is 2.56. The third-order valence-corrected chi connectivity index (χ3v) is 12.4. The molecular weight excluding hydrogens is 742 g/mol. The van der Waals surface area contributed by atoms with Gasteiger partial charge < -0.3 is 29.5 Å². The van der Waals surface area contributed by atoms with Crippen LogP contribution in [0.15, 0.2) is 120 Å². The number of carbonyl (C=O) groups is 2. The van der Waals surface area contributed by atoms with E-state index in [0.717, 1.165) is 36.2 Å². The maximum atomic E-state index is 14.9. The van der Waals surface area contributed by atoms with Crippen LogP contribution >= 0.6 is 11.6 Å². The molecular formula is C46H42ClN3O7. The molecule has 290 valence electrons. The van der Waals surface area contributed by atoms with Crippen LogP contribution in [0.3, 0.4) is 0 Å². The van der Waals surface area contributed by atoms with Crippen LogP contribution in [0, 0.1) is 11.8 Å². The minimum absolute atomic E-state index is 0.0234. The Morgan fingerprint density at radius 1 is 0.965 bits per heavy atom. The second-order valence-corrected chi connectivity index (χ2v) is 15.7. The molecule has 0 radical (unpaired) electrons. The number of Topliss-reactive ketones (excluding diaryl/α,β-unsaturated/α-hetero) is 2. The lowest BCUT2D eigenvalue weighted by molar-refractivity contribution is -0.0401. The van der Waals surface area contributed by atoms with Crippen molar-refractivity contribution in [2.45, 2.75) is 57.2 Å². The van der Waals surface area contributed by atoms with E-state index in [-0.39, 0.29) is 54.4 Å². The summed E-state index contributed by atoms with van der Waals surface area (Å²) in [5, 5.41) is 32.7. The monoisotopic (exact) mass is 783 g/mol. The van der Waals surface area contributed by atoms with Crippen LogP contribution in [0.2, 0.25) is 5.02 Å². The zero-order chi connectivity index (χ0) is 39.3. The molecule has 0 amide bonds. The number of nitrogens with zero attached hydrogens (tertiary/aromatic N) is 2. The second kappa shape index (κ2) is 15.1. The van der Waals surface area contributed by atoms with Crippen molar-refractivity contribution in [3.63, 3.8) is 0 Å². The molecule has 0 bridgehead atoms. The summed E-state index contributed by atoms with van der Waals surface area (Å²) in [5.74, 6) is -3.15. The number of nitrogens with one attached hydrogen (secondary N) is 1. The molecule has 0 unspecified atom stereocenters. The van der Waals surface area contributed by atoms with Crippen LogP contribution < -0.4 is 14.8 Å². The molecule has 0 spiro atoms. The molecule has 0 fully saturated rings. The number of halogens is 1. The van der Waals surface area contributed by atoms with Crippen molar-refractivity contribution in [3.05, 3.63) is 170 Å². The molecule has 4 aliphatic rings. The van der Waals surface area contributed by atoms with Crippen LogP contribution in [-0.4, -0.2) is 50.5 Å². The van der Waals surface area contributed by atoms with E-state index in [1.54, 1.807) is 6.08 Å². The SMILES string of the molecule is C=CCN[C@@H]1c2onc(OCc3ccccc3)c2C(=O)[C@@]2(O)C(O)=C3C(=O)c4c(OCc5ccccc5)cc(CN5CCc6ccccc6C5)c(Cl)c4C[C@H]3C[C@@H]12. The molecule has 3 aliphatic carbocycles. The predicted octanol–water partition coefficient (Wildman–Crippen LogP) is 7.68. The Morgan fingerprint density at radius 3 is 2.37 bits per heavy atom. The van der Waals surface area contributed by atoms with E-state index < -0.39 is 40.8 Å². The van der Waals surface area contributed by atoms with Gasteiger partial charge in [0.2, 0.25) is 5.78 Å². The van der Waals surface area contributed by atoms with Crippen molar-refractivity contribution < 1.29 is 33.8 Å². The molecule has 2 heterocycles.